The molecule has 9 nitrogen and oxygen atoms in total. The van der Waals surface area contributed by atoms with Crippen molar-refractivity contribution < 1.29 is 19.4 Å². The number of carboxylic acid groups (broad SMARTS) is 1. The lowest BCUT2D eigenvalue weighted by atomic mass is 9.88. The Morgan fingerprint density at radius 3 is 2.62 bits per heavy atom. The number of aliphatic carboxylic acids is 1. The van der Waals surface area contributed by atoms with Crippen LogP contribution in [0.3, 0.4) is 0 Å². The van der Waals surface area contributed by atoms with Crippen molar-refractivity contribution in [1.29, 1.82) is 0 Å². The van der Waals surface area contributed by atoms with Gasteiger partial charge < -0.3 is 30.9 Å². The van der Waals surface area contributed by atoms with Crippen molar-refractivity contribution in [3.8, 4) is 11.5 Å². The highest BCUT2D eigenvalue weighted by Gasteiger charge is 2.41. The summed E-state index contributed by atoms with van der Waals surface area (Å²) in [7, 11) is 3.08. The molecule has 3 rings (SSSR count). The van der Waals surface area contributed by atoms with Crippen molar-refractivity contribution in [2.45, 2.75) is 5.92 Å². The number of nitrogen functional groups attached to an aromatic ring is 2. The lowest BCUT2D eigenvalue weighted by molar-refractivity contribution is -0.141. The maximum atomic E-state index is 11.9. The number of carboxylic acids is 1. The summed E-state index contributed by atoms with van der Waals surface area (Å²) in [6.45, 7) is 0.701. The van der Waals surface area contributed by atoms with Gasteiger partial charge in [-0.05, 0) is 6.07 Å². The van der Waals surface area contributed by atoms with Crippen LogP contribution in [0.15, 0.2) is 24.3 Å². The monoisotopic (exact) mass is 359 g/mol. The van der Waals surface area contributed by atoms with Gasteiger partial charge in [-0.3, -0.25) is 4.79 Å². The fourth-order valence-electron chi connectivity index (χ4n) is 3.39. The fourth-order valence-corrected chi connectivity index (χ4v) is 3.39. The Kier molecular flexibility index (Phi) is 4.70. The summed E-state index contributed by atoms with van der Waals surface area (Å²) < 4.78 is 10.8. The minimum absolute atomic E-state index is 0.0503. The molecule has 0 amide bonds. The molecule has 138 valence electrons. The molecule has 0 saturated carbocycles. The smallest absolute Gasteiger partial charge is 0.308 e. The summed E-state index contributed by atoms with van der Waals surface area (Å²) >= 11 is 0. The Hall–Kier alpha value is -3.23. The normalized spacial score (nSPS) is 19.4. The maximum absolute atomic E-state index is 11.9. The minimum atomic E-state index is -0.891. The molecule has 2 aromatic rings. The number of hydrogen-bond donors (Lipinski definition) is 3. The van der Waals surface area contributed by atoms with Crippen LogP contribution in [0.25, 0.3) is 0 Å². The topological polar surface area (TPSA) is 137 Å². The van der Waals surface area contributed by atoms with Crippen molar-refractivity contribution in [3.63, 3.8) is 0 Å². The lowest BCUT2D eigenvalue weighted by Gasteiger charge is -2.20. The van der Waals surface area contributed by atoms with E-state index in [2.05, 4.69) is 9.97 Å². The third-order valence-corrected chi connectivity index (χ3v) is 4.54. The van der Waals surface area contributed by atoms with Crippen molar-refractivity contribution in [2.24, 2.45) is 5.92 Å². The molecule has 1 aliphatic heterocycles. The minimum Gasteiger partial charge on any atom is -0.493 e. The van der Waals surface area contributed by atoms with E-state index in [1.165, 1.54) is 7.11 Å². The van der Waals surface area contributed by atoms with E-state index in [-0.39, 0.29) is 24.2 Å². The number of methoxy groups -OCH3 is 2. The number of anilines is 3. The molecule has 2 heterocycles. The lowest BCUT2D eigenvalue weighted by Crippen LogP contribution is -2.24. The van der Waals surface area contributed by atoms with Gasteiger partial charge >= 0.3 is 5.97 Å². The van der Waals surface area contributed by atoms with Gasteiger partial charge in [0, 0.05) is 30.6 Å². The van der Waals surface area contributed by atoms with Crippen LogP contribution in [0, 0.1) is 5.92 Å². The van der Waals surface area contributed by atoms with Crippen LogP contribution in [0.4, 0.5) is 17.6 Å². The summed E-state index contributed by atoms with van der Waals surface area (Å²) in [5.41, 5.74) is 12.2. The van der Waals surface area contributed by atoms with Gasteiger partial charge in [-0.15, -0.1) is 0 Å². The summed E-state index contributed by atoms with van der Waals surface area (Å²) in [5.74, 6) is 0.0420. The first-order chi connectivity index (χ1) is 12.4. The van der Waals surface area contributed by atoms with Crippen molar-refractivity contribution in [1.82, 2.24) is 9.97 Å². The van der Waals surface area contributed by atoms with E-state index in [9.17, 15) is 9.90 Å². The highest BCUT2D eigenvalue weighted by atomic mass is 16.5. The number of para-hydroxylation sites is 1. The van der Waals surface area contributed by atoms with Gasteiger partial charge in [0.05, 0.1) is 20.1 Å². The van der Waals surface area contributed by atoms with Gasteiger partial charge in [-0.2, -0.15) is 9.97 Å². The second-order valence-corrected chi connectivity index (χ2v) is 6.05. The predicted octanol–water partition coefficient (Wildman–Crippen LogP) is 0.963. The van der Waals surface area contributed by atoms with E-state index < -0.39 is 11.9 Å². The quantitative estimate of drug-likeness (QED) is 0.713. The van der Waals surface area contributed by atoms with E-state index in [1.54, 1.807) is 19.2 Å². The molecular formula is C17H21N5O4. The van der Waals surface area contributed by atoms with E-state index in [4.69, 9.17) is 20.9 Å². The van der Waals surface area contributed by atoms with Crippen LogP contribution in [0.5, 0.6) is 11.5 Å². The second kappa shape index (κ2) is 6.95. The molecule has 9 heteroatoms. The maximum Gasteiger partial charge on any atom is 0.308 e. The fraction of sp³-hybridized carbons (Fsp3) is 0.353. The Morgan fingerprint density at radius 2 is 2.00 bits per heavy atom. The van der Waals surface area contributed by atoms with Gasteiger partial charge in [0.1, 0.15) is 11.6 Å². The van der Waals surface area contributed by atoms with E-state index >= 15 is 0 Å². The summed E-state index contributed by atoms with van der Waals surface area (Å²) in [6, 6.07) is 7.03. The first kappa shape index (κ1) is 17.6. The number of hydrogen-bond acceptors (Lipinski definition) is 8. The molecule has 1 saturated heterocycles. The van der Waals surface area contributed by atoms with Crippen LogP contribution >= 0.6 is 0 Å². The second-order valence-electron chi connectivity index (χ2n) is 6.05. The molecule has 1 aromatic heterocycles. The van der Waals surface area contributed by atoms with Crippen molar-refractivity contribution in [3.05, 3.63) is 29.8 Å². The van der Waals surface area contributed by atoms with Crippen molar-refractivity contribution >= 4 is 23.6 Å². The number of rotatable bonds is 5. The average Bonchev–Trinajstić information content (AvgIpc) is 3.05. The van der Waals surface area contributed by atoms with Gasteiger partial charge in [0.15, 0.2) is 11.5 Å². The Morgan fingerprint density at radius 1 is 1.23 bits per heavy atom. The third kappa shape index (κ3) is 3.15. The first-order valence-electron chi connectivity index (χ1n) is 8.03. The van der Waals surface area contributed by atoms with Crippen LogP contribution in [-0.4, -0.2) is 48.4 Å². The number of nitrogens with two attached hydrogens (primary N) is 2. The van der Waals surface area contributed by atoms with Crippen LogP contribution in [0.1, 0.15) is 11.5 Å². The number of ether oxygens (including phenoxy) is 2. The van der Waals surface area contributed by atoms with Gasteiger partial charge in [-0.1, -0.05) is 12.1 Å². The molecular weight excluding hydrogens is 338 g/mol. The molecule has 1 aliphatic rings. The number of nitrogens with zero attached hydrogens (tertiary/aromatic N) is 3. The van der Waals surface area contributed by atoms with E-state index in [0.717, 1.165) is 5.56 Å². The van der Waals surface area contributed by atoms with E-state index in [0.29, 0.717) is 23.9 Å². The summed E-state index contributed by atoms with van der Waals surface area (Å²) in [6.07, 6.45) is 0. The summed E-state index contributed by atoms with van der Waals surface area (Å²) in [4.78, 5) is 21.7. The molecule has 0 aliphatic carbocycles. The summed E-state index contributed by atoms with van der Waals surface area (Å²) in [5, 5.41) is 9.73. The van der Waals surface area contributed by atoms with Gasteiger partial charge in [-0.25, -0.2) is 0 Å². The zero-order valence-electron chi connectivity index (χ0n) is 14.5. The van der Waals surface area contributed by atoms with Crippen LogP contribution in [-0.2, 0) is 4.79 Å². The standard InChI is InChI=1S/C17H21N5O4/c1-25-12-5-3-4-9(15(12)26-2)10-7-22(8-11(10)16(23)24)14-6-13(18)20-17(19)21-14/h3-6,10-11H,7-8H2,1-2H3,(H,23,24)(H4,18,19,20,21)/t10-,11+/m0/s1. The molecule has 0 radical (unpaired) electrons. The third-order valence-electron chi connectivity index (χ3n) is 4.54. The zero-order chi connectivity index (χ0) is 18.8. The number of benzene rings is 1. The molecule has 5 N–H and O–H groups in total. The largest absolute Gasteiger partial charge is 0.493 e. The molecule has 2 atom stereocenters. The number of aromatic nitrogens is 2. The molecule has 0 bridgehead atoms. The molecule has 1 fully saturated rings. The zero-order valence-corrected chi connectivity index (χ0v) is 14.5. The molecule has 26 heavy (non-hydrogen) atoms. The first-order valence-corrected chi connectivity index (χ1v) is 8.03. The highest BCUT2D eigenvalue weighted by molar-refractivity contribution is 5.74. The van der Waals surface area contributed by atoms with Gasteiger partial charge in [0.25, 0.3) is 0 Å². The van der Waals surface area contributed by atoms with Crippen LogP contribution < -0.4 is 25.8 Å². The Bertz CT molecular complexity index is 809. The SMILES string of the molecule is COc1cccc([C@@H]2CN(c3cc(N)nc(N)n3)C[C@H]2C(=O)O)c1OC. The van der Waals surface area contributed by atoms with Gasteiger partial charge in [0.2, 0.25) is 5.95 Å². The molecule has 1 aromatic carbocycles. The Balaban J connectivity index is 2.00. The molecule has 0 spiro atoms. The van der Waals surface area contributed by atoms with Crippen molar-refractivity contribution in [2.75, 3.05) is 43.7 Å². The predicted molar refractivity (Wildman–Crippen MR) is 96.5 cm³/mol. The Labute approximate surface area is 150 Å². The molecule has 0 unspecified atom stereocenters. The van der Waals surface area contributed by atoms with E-state index in [1.807, 2.05) is 17.0 Å². The average molecular weight is 359 g/mol. The van der Waals surface area contributed by atoms with Crippen LogP contribution in [0.2, 0.25) is 0 Å². The highest BCUT2D eigenvalue weighted by Crippen LogP contribution is 2.42. The number of carbonyl (C=O) groups is 1.